The molecule has 2 rings (SSSR count). The molecule has 152 valence electrons. The van der Waals surface area contributed by atoms with Crippen molar-refractivity contribution in [1.82, 2.24) is 14.9 Å². The number of amides is 1. The lowest BCUT2D eigenvalue weighted by molar-refractivity contribution is -0.137. The normalized spacial score (nSPS) is 11.2. The zero-order valence-electron chi connectivity index (χ0n) is 15.2. The van der Waals surface area contributed by atoms with Crippen LogP contribution in [0.25, 0.3) is 0 Å². The summed E-state index contributed by atoms with van der Waals surface area (Å²) in [4.78, 5) is 20.8. The fourth-order valence-electron chi connectivity index (χ4n) is 2.41. The van der Waals surface area contributed by atoms with Gasteiger partial charge in [0.15, 0.2) is 0 Å². The summed E-state index contributed by atoms with van der Waals surface area (Å²) in [6, 6.07) is 4.69. The van der Waals surface area contributed by atoms with Gasteiger partial charge in [0.1, 0.15) is 17.1 Å². The molecule has 28 heavy (non-hydrogen) atoms. The first kappa shape index (κ1) is 21.5. The summed E-state index contributed by atoms with van der Waals surface area (Å²) >= 11 is 5.57. The number of alkyl halides is 3. The van der Waals surface area contributed by atoms with Crippen molar-refractivity contribution in [2.45, 2.75) is 12.6 Å². The minimum atomic E-state index is -4.60. The van der Waals surface area contributed by atoms with Crippen molar-refractivity contribution in [1.29, 1.82) is 0 Å². The standard InChI is InChI=1S/C17H19ClF3N5O2/c1-26(15(27)10-4-5-13(28-2)12(22)8-10)7-3-6-23-14-11(17(19,20)21)9-24-16(18)25-14/h4-5,8-9H,3,6-7,22H2,1-2H3,(H,23,24,25). The molecular weight excluding hydrogens is 399 g/mol. The largest absolute Gasteiger partial charge is 0.495 e. The maximum Gasteiger partial charge on any atom is 0.421 e. The van der Waals surface area contributed by atoms with Crippen LogP contribution in [0.5, 0.6) is 5.75 Å². The molecule has 0 saturated heterocycles. The number of hydrogen-bond donors (Lipinski definition) is 2. The van der Waals surface area contributed by atoms with E-state index in [0.29, 0.717) is 36.2 Å². The van der Waals surface area contributed by atoms with E-state index in [0.717, 1.165) is 0 Å². The Kier molecular flexibility index (Phi) is 6.90. The first-order valence-electron chi connectivity index (χ1n) is 8.16. The Bertz CT molecular complexity index is 848. The van der Waals surface area contributed by atoms with E-state index >= 15 is 0 Å². The predicted molar refractivity (Wildman–Crippen MR) is 99.5 cm³/mol. The molecule has 0 aliphatic heterocycles. The highest BCUT2D eigenvalue weighted by Crippen LogP contribution is 2.33. The molecule has 0 aliphatic rings. The number of rotatable bonds is 7. The predicted octanol–water partition coefficient (Wildman–Crippen LogP) is 3.31. The van der Waals surface area contributed by atoms with Crippen LogP contribution in [0.15, 0.2) is 24.4 Å². The van der Waals surface area contributed by atoms with Crippen molar-refractivity contribution in [3.8, 4) is 5.75 Å². The van der Waals surface area contributed by atoms with Gasteiger partial charge in [-0.15, -0.1) is 0 Å². The Morgan fingerprint density at radius 3 is 2.71 bits per heavy atom. The molecule has 1 heterocycles. The Morgan fingerprint density at radius 2 is 2.11 bits per heavy atom. The van der Waals surface area contributed by atoms with Crippen LogP contribution in [0, 0.1) is 0 Å². The second-order valence-electron chi connectivity index (χ2n) is 5.86. The average Bonchev–Trinajstić information content (AvgIpc) is 2.63. The van der Waals surface area contributed by atoms with Crippen molar-refractivity contribution in [2.24, 2.45) is 0 Å². The van der Waals surface area contributed by atoms with Gasteiger partial charge in [0.25, 0.3) is 5.91 Å². The molecule has 1 aromatic heterocycles. The van der Waals surface area contributed by atoms with Gasteiger partial charge in [-0.25, -0.2) is 9.97 Å². The highest BCUT2D eigenvalue weighted by Gasteiger charge is 2.35. The van der Waals surface area contributed by atoms with Crippen molar-refractivity contribution >= 4 is 29.0 Å². The van der Waals surface area contributed by atoms with Crippen molar-refractivity contribution < 1.29 is 22.7 Å². The van der Waals surface area contributed by atoms with Gasteiger partial charge in [-0.05, 0) is 36.2 Å². The Labute approximate surface area is 164 Å². The zero-order chi connectivity index (χ0) is 20.9. The lowest BCUT2D eigenvalue weighted by Gasteiger charge is -2.18. The number of anilines is 2. The molecule has 0 spiro atoms. The molecule has 2 aromatic rings. The smallest absolute Gasteiger partial charge is 0.421 e. The zero-order valence-corrected chi connectivity index (χ0v) is 15.9. The van der Waals surface area contributed by atoms with E-state index in [2.05, 4.69) is 15.3 Å². The lowest BCUT2D eigenvalue weighted by atomic mass is 10.1. The van der Waals surface area contributed by atoms with Crippen LogP contribution in [0.4, 0.5) is 24.7 Å². The van der Waals surface area contributed by atoms with Crippen LogP contribution in [0.3, 0.4) is 0 Å². The van der Waals surface area contributed by atoms with E-state index in [1.165, 1.54) is 18.1 Å². The first-order chi connectivity index (χ1) is 13.1. The van der Waals surface area contributed by atoms with E-state index in [1.807, 2.05) is 0 Å². The van der Waals surface area contributed by atoms with Crippen LogP contribution in [-0.4, -0.2) is 48.0 Å². The molecule has 1 amide bonds. The number of nitrogens with one attached hydrogen (secondary N) is 1. The minimum absolute atomic E-state index is 0.152. The fraction of sp³-hybridized carbons (Fsp3) is 0.353. The van der Waals surface area contributed by atoms with Gasteiger partial charge in [-0.3, -0.25) is 4.79 Å². The molecule has 0 atom stereocenters. The SMILES string of the molecule is COc1ccc(C(=O)N(C)CCCNc2nc(Cl)ncc2C(F)(F)F)cc1N. The Morgan fingerprint density at radius 1 is 1.39 bits per heavy atom. The number of hydrogen-bond acceptors (Lipinski definition) is 6. The van der Waals surface area contributed by atoms with Gasteiger partial charge in [-0.1, -0.05) is 0 Å². The summed E-state index contributed by atoms with van der Waals surface area (Å²) in [6.07, 6.45) is -3.60. The number of aromatic nitrogens is 2. The molecule has 3 N–H and O–H groups in total. The topological polar surface area (TPSA) is 93.4 Å². The maximum atomic E-state index is 13.0. The van der Waals surface area contributed by atoms with Crippen LogP contribution in [0.1, 0.15) is 22.3 Å². The van der Waals surface area contributed by atoms with E-state index in [4.69, 9.17) is 22.1 Å². The van der Waals surface area contributed by atoms with E-state index < -0.39 is 17.6 Å². The number of nitrogens with zero attached hydrogens (tertiary/aromatic N) is 3. The minimum Gasteiger partial charge on any atom is -0.495 e. The Balaban J connectivity index is 1.92. The van der Waals surface area contributed by atoms with Crippen LogP contribution in [0.2, 0.25) is 5.28 Å². The fourth-order valence-corrected chi connectivity index (χ4v) is 2.55. The summed E-state index contributed by atoms with van der Waals surface area (Å²) in [5.41, 5.74) is 5.51. The quantitative estimate of drug-likeness (QED) is 0.408. The Hall–Kier alpha value is -2.75. The molecule has 0 saturated carbocycles. The average molecular weight is 418 g/mol. The van der Waals surface area contributed by atoms with Crippen molar-refractivity contribution in [3.63, 3.8) is 0 Å². The third-order valence-corrected chi connectivity index (χ3v) is 4.03. The summed E-state index contributed by atoms with van der Waals surface area (Å²) < 4.78 is 43.9. The van der Waals surface area contributed by atoms with Gasteiger partial charge in [0.2, 0.25) is 5.28 Å². The number of benzene rings is 1. The maximum absolute atomic E-state index is 13.0. The number of methoxy groups -OCH3 is 1. The molecule has 1 aromatic carbocycles. The first-order valence-corrected chi connectivity index (χ1v) is 8.54. The third kappa shape index (κ3) is 5.38. The second kappa shape index (κ2) is 8.96. The van der Waals surface area contributed by atoms with Crippen LogP contribution in [-0.2, 0) is 6.18 Å². The molecule has 11 heteroatoms. The number of nitrogens with two attached hydrogens (primary N) is 1. The van der Waals surface area contributed by atoms with Crippen molar-refractivity contribution in [3.05, 3.63) is 40.8 Å². The number of nitrogen functional groups attached to an aromatic ring is 1. The summed E-state index contributed by atoms with van der Waals surface area (Å²) in [7, 11) is 3.06. The number of halogens is 4. The highest BCUT2D eigenvalue weighted by molar-refractivity contribution is 6.28. The number of ether oxygens (including phenoxy) is 1. The van der Waals surface area contributed by atoms with Crippen LogP contribution < -0.4 is 15.8 Å². The van der Waals surface area contributed by atoms with E-state index in [-0.39, 0.29) is 17.7 Å². The molecule has 7 nitrogen and oxygen atoms in total. The van der Waals surface area contributed by atoms with E-state index in [1.54, 1.807) is 19.2 Å². The van der Waals surface area contributed by atoms with Gasteiger partial charge in [-0.2, -0.15) is 13.2 Å². The van der Waals surface area contributed by atoms with Gasteiger partial charge >= 0.3 is 6.18 Å². The summed E-state index contributed by atoms with van der Waals surface area (Å²) in [5, 5.41) is 2.30. The second-order valence-corrected chi connectivity index (χ2v) is 6.20. The number of carbonyl (C=O) groups is 1. The molecular formula is C17H19ClF3N5O2. The molecule has 0 aliphatic carbocycles. The van der Waals surface area contributed by atoms with Gasteiger partial charge < -0.3 is 20.7 Å². The van der Waals surface area contributed by atoms with E-state index in [9.17, 15) is 18.0 Å². The molecule has 0 radical (unpaired) electrons. The van der Waals surface area contributed by atoms with Crippen LogP contribution >= 0.6 is 11.6 Å². The summed E-state index contributed by atoms with van der Waals surface area (Å²) in [5.74, 6) is -0.202. The van der Waals surface area contributed by atoms with Crippen molar-refractivity contribution in [2.75, 3.05) is 38.3 Å². The number of carbonyl (C=O) groups excluding carboxylic acids is 1. The van der Waals surface area contributed by atoms with Gasteiger partial charge in [0, 0.05) is 31.9 Å². The molecule has 0 bridgehead atoms. The monoisotopic (exact) mass is 417 g/mol. The van der Waals surface area contributed by atoms with Gasteiger partial charge in [0.05, 0.1) is 12.8 Å². The summed E-state index contributed by atoms with van der Waals surface area (Å²) in [6.45, 7) is 0.455. The highest BCUT2D eigenvalue weighted by atomic mass is 35.5. The molecule has 0 fully saturated rings. The molecule has 0 unspecified atom stereocenters. The lowest BCUT2D eigenvalue weighted by Crippen LogP contribution is -2.29. The third-order valence-electron chi connectivity index (χ3n) is 3.85.